The second-order valence-electron chi connectivity index (χ2n) is 5.51. The van der Waals surface area contributed by atoms with Gasteiger partial charge in [0.15, 0.2) is 0 Å². The number of hydrogen-bond donors (Lipinski definition) is 2. The highest BCUT2D eigenvalue weighted by atomic mass is 16.3. The van der Waals surface area contributed by atoms with E-state index < -0.39 is 0 Å². The number of amides is 1. The average molecular weight is 313 g/mol. The van der Waals surface area contributed by atoms with Gasteiger partial charge in [0.2, 0.25) is 5.91 Å². The first kappa shape index (κ1) is 17.0. The number of nitrogens with one attached hydrogen (secondary N) is 1. The molecule has 2 aromatic rings. The summed E-state index contributed by atoms with van der Waals surface area (Å²) < 4.78 is 1.77. The number of aromatic nitrogens is 2. The van der Waals surface area contributed by atoms with E-state index in [0.717, 1.165) is 16.8 Å². The SMILES string of the molecule is Cc1c(/C=C/C(=O)NCC(CCO)c2ccccc2)cnn1C. The van der Waals surface area contributed by atoms with Crippen LogP contribution in [-0.2, 0) is 11.8 Å². The summed E-state index contributed by atoms with van der Waals surface area (Å²) >= 11 is 0. The van der Waals surface area contributed by atoms with Crippen LogP contribution in [0.4, 0.5) is 0 Å². The van der Waals surface area contributed by atoms with Gasteiger partial charge in [-0.3, -0.25) is 9.48 Å². The van der Waals surface area contributed by atoms with Crippen molar-refractivity contribution in [2.75, 3.05) is 13.2 Å². The maximum absolute atomic E-state index is 12.0. The normalized spacial score (nSPS) is 12.5. The topological polar surface area (TPSA) is 67.2 Å². The highest BCUT2D eigenvalue weighted by molar-refractivity contribution is 5.91. The smallest absolute Gasteiger partial charge is 0.244 e. The molecule has 23 heavy (non-hydrogen) atoms. The van der Waals surface area contributed by atoms with E-state index in [0.29, 0.717) is 13.0 Å². The van der Waals surface area contributed by atoms with E-state index in [9.17, 15) is 9.90 Å². The Kier molecular flexibility index (Phi) is 6.11. The Hall–Kier alpha value is -2.40. The van der Waals surface area contributed by atoms with E-state index in [2.05, 4.69) is 10.4 Å². The van der Waals surface area contributed by atoms with E-state index in [4.69, 9.17) is 0 Å². The molecule has 0 saturated carbocycles. The third-order valence-corrected chi connectivity index (χ3v) is 3.96. The molecule has 0 aliphatic carbocycles. The molecule has 0 aliphatic heterocycles. The van der Waals surface area contributed by atoms with Crippen LogP contribution in [0.2, 0.25) is 0 Å². The molecule has 1 aromatic heterocycles. The quantitative estimate of drug-likeness (QED) is 0.769. The van der Waals surface area contributed by atoms with Crippen LogP contribution in [0.5, 0.6) is 0 Å². The van der Waals surface area contributed by atoms with E-state index in [-0.39, 0.29) is 18.4 Å². The van der Waals surface area contributed by atoms with E-state index in [1.807, 2.05) is 44.3 Å². The van der Waals surface area contributed by atoms with Crippen LogP contribution < -0.4 is 5.32 Å². The number of carbonyl (C=O) groups excluding carboxylic acids is 1. The molecule has 2 N–H and O–H groups in total. The summed E-state index contributed by atoms with van der Waals surface area (Å²) in [6.45, 7) is 2.55. The Morgan fingerprint density at radius 1 is 1.39 bits per heavy atom. The molecular weight excluding hydrogens is 290 g/mol. The molecule has 1 unspecified atom stereocenters. The molecule has 5 nitrogen and oxygen atoms in total. The van der Waals surface area contributed by atoms with Gasteiger partial charge in [0, 0.05) is 43.5 Å². The zero-order valence-electron chi connectivity index (χ0n) is 13.6. The molecule has 1 heterocycles. The monoisotopic (exact) mass is 313 g/mol. The van der Waals surface area contributed by atoms with Crippen LogP contribution in [0.3, 0.4) is 0 Å². The van der Waals surface area contributed by atoms with Crippen molar-refractivity contribution in [3.63, 3.8) is 0 Å². The predicted molar refractivity (Wildman–Crippen MR) is 90.9 cm³/mol. The Balaban J connectivity index is 1.93. The molecule has 1 amide bonds. The number of aliphatic hydroxyl groups excluding tert-OH is 1. The number of aryl methyl sites for hydroxylation is 1. The van der Waals surface area contributed by atoms with E-state index in [1.54, 1.807) is 17.0 Å². The average Bonchev–Trinajstić information content (AvgIpc) is 2.89. The minimum absolute atomic E-state index is 0.0974. The number of rotatable bonds is 7. The third-order valence-electron chi connectivity index (χ3n) is 3.96. The van der Waals surface area contributed by atoms with Gasteiger partial charge in [-0.25, -0.2) is 0 Å². The lowest BCUT2D eigenvalue weighted by Gasteiger charge is -2.16. The van der Waals surface area contributed by atoms with Gasteiger partial charge >= 0.3 is 0 Å². The van der Waals surface area contributed by atoms with Crippen LogP contribution in [0.1, 0.15) is 29.2 Å². The number of carbonyl (C=O) groups is 1. The van der Waals surface area contributed by atoms with Crippen molar-refractivity contribution in [3.05, 3.63) is 59.4 Å². The summed E-state index contributed by atoms with van der Waals surface area (Å²) in [6, 6.07) is 9.92. The zero-order chi connectivity index (χ0) is 16.7. The largest absolute Gasteiger partial charge is 0.396 e. The number of nitrogens with zero attached hydrogens (tertiary/aromatic N) is 2. The maximum Gasteiger partial charge on any atom is 0.244 e. The summed E-state index contributed by atoms with van der Waals surface area (Å²) in [5.41, 5.74) is 3.06. The van der Waals surface area contributed by atoms with Crippen molar-refractivity contribution in [2.24, 2.45) is 7.05 Å². The lowest BCUT2D eigenvalue weighted by atomic mass is 9.96. The zero-order valence-corrected chi connectivity index (χ0v) is 13.6. The molecular formula is C18H23N3O2. The minimum atomic E-state index is -0.146. The summed E-state index contributed by atoms with van der Waals surface area (Å²) in [5, 5.41) is 16.2. The summed E-state index contributed by atoms with van der Waals surface area (Å²) in [5.74, 6) is -0.0363. The number of benzene rings is 1. The Morgan fingerprint density at radius 3 is 2.74 bits per heavy atom. The van der Waals surface area contributed by atoms with Crippen molar-refractivity contribution >= 4 is 12.0 Å². The van der Waals surface area contributed by atoms with Gasteiger partial charge in [0.05, 0.1) is 6.20 Å². The first-order valence-corrected chi connectivity index (χ1v) is 7.72. The van der Waals surface area contributed by atoms with Crippen LogP contribution in [0.25, 0.3) is 6.08 Å². The molecule has 0 bridgehead atoms. The Labute approximate surface area is 136 Å². The molecule has 0 radical (unpaired) electrons. The van der Waals surface area contributed by atoms with Gasteiger partial charge in [-0.2, -0.15) is 5.10 Å². The van der Waals surface area contributed by atoms with Gasteiger partial charge < -0.3 is 10.4 Å². The van der Waals surface area contributed by atoms with Crippen molar-refractivity contribution in [1.29, 1.82) is 0 Å². The first-order valence-electron chi connectivity index (χ1n) is 7.72. The molecule has 122 valence electrons. The second kappa shape index (κ2) is 8.29. The molecule has 0 aliphatic rings. The standard InChI is InChI=1S/C18H23N3O2/c1-14-16(13-20-21(14)2)8-9-18(23)19-12-17(10-11-22)15-6-4-3-5-7-15/h3-9,13,17,22H,10-12H2,1-2H3,(H,19,23)/b9-8+. The number of hydrogen-bond acceptors (Lipinski definition) is 3. The van der Waals surface area contributed by atoms with Gasteiger partial charge in [0.25, 0.3) is 0 Å². The lowest BCUT2D eigenvalue weighted by molar-refractivity contribution is -0.116. The fourth-order valence-electron chi connectivity index (χ4n) is 2.40. The lowest BCUT2D eigenvalue weighted by Crippen LogP contribution is -2.27. The van der Waals surface area contributed by atoms with Crippen LogP contribution >= 0.6 is 0 Å². The Bertz CT molecular complexity index is 662. The van der Waals surface area contributed by atoms with Crippen molar-refractivity contribution in [3.8, 4) is 0 Å². The van der Waals surface area contributed by atoms with Crippen LogP contribution in [0, 0.1) is 6.92 Å². The summed E-state index contributed by atoms with van der Waals surface area (Å²) in [7, 11) is 1.87. The summed E-state index contributed by atoms with van der Waals surface area (Å²) in [4.78, 5) is 12.0. The minimum Gasteiger partial charge on any atom is -0.396 e. The van der Waals surface area contributed by atoms with Gasteiger partial charge in [0.1, 0.15) is 0 Å². The predicted octanol–water partition coefficient (Wildman–Crippen LogP) is 2.02. The van der Waals surface area contributed by atoms with Crippen LogP contribution in [-0.4, -0.2) is 33.9 Å². The second-order valence-corrected chi connectivity index (χ2v) is 5.51. The fourth-order valence-corrected chi connectivity index (χ4v) is 2.40. The molecule has 0 fully saturated rings. The Morgan fingerprint density at radius 2 is 2.13 bits per heavy atom. The van der Waals surface area contributed by atoms with Gasteiger partial charge in [-0.15, -0.1) is 0 Å². The molecule has 1 atom stereocenters. The number of aliphatic hydroxyl groups is 1. The molecule has 5 heteroatoms. The highest BCUT2D eigenvalue weighted by Gasteiger charge is 2.11. The van der Waals surface area contributed by atoms with Crippen LogP contribution in [0.15, 0.2) is 42.6 Å². The fraction of sp³-hybridized carbons (Fsp3) is 0.333. The third kappa shape index (κ3) is 4.79. The first-order chi connectivity index (χ1) is 11.1. The van der Waals surface area contributed by atoms with Gasteiger partial charge in [-0.05, 0) is 25.0 Å². The van der Waals surface area contributed by atoms with Crippen molar-refractivity contribution in [2.45, 2.75) is 19.3 Å². The summed E-state index contributed by atoms with van der Waals surface area (Å²) in [6.07, 6.45) is 5.64. The highest BCUT2D eigenvalue weighted by Crippen LogP contribution is 2.18. The molecule has 1 aromatic carbocycles. The molecule has 0 spiro atoms. The molecule has 0 saturated heterocycles. The van der Waals surface area contributed by atoms with Gasteiger partial charge in [-0.1, -0.05) is 30.3 Å². The van der Waals surface area contributed by atoms with E-state index in [1.165, 1.54) is 6.08 Å². The maximum atomic E-state index is 12.0. The van der Waals surface area contributed by atoms with Crippen molar-refractivity contribution < 1.29 is 9.90 Å². The van der Waals surface area contributed by atoms with E-state index >= 15 is 0 Å². The molecule has 2 rings (SSSR count). The van der Waals surface area contributed by atoms with Crippen molar-refractivity contribution in [1.82, 2.24) is 15.1 Å².